The number of nitrogen functional groups attached to an aromatic ring is 1. The molecule has 0 saturated carbocycles. The Kier molecular flexibility index (Phi) is 6.19. The van der Waals surface area contributed by atoms with Crippen molar-refractivity contribution in [1.29, 1.82) is 5.41 Å². The lowest BCUT2D eigenvalue weighted by Crippen LogP contribution is -2.36. The van der Waals surface area contributed by atoms with Gasteiger partial charge >= 0.3 is 0 Å². The van der Waals surface area contributed by atoms with Crippen molar-refractivity contribution in [1.82, 2.24) is 9.97 Å². The molecule has 1 saturated heterocycles. The van der Waals surface area contributed by atoms with Crippen LogP contribution < -0.4 is 15.5 Å². The number of amides is 1. The van der Waals surface area contributed by atoms with Crippen LogP contribution >= 0.6 is 11.3 Å². The first kappa shape index (κ1) is 22.9. The van der Waals surface area contributed by atoms with Crippen LogP contribution in [0.2, 0.25) is 0 Å². The molecule has 2 aromatic heterocycles. The van der Waals surface area contributed by atoms with Gasteiger partial charge in [-0.1, -0.05) is 24.3 Å². The second kappa shape index (κ2) is 9.44. The maximum atomic E-state index is 11.9. The summed E-state index contributed by atoms with van der Waals surface area (Å²) in [4.78, 5) is 26.7. The Labute approximate surface area is 207 Å². The van der Waals surface area contributed by atoms with Crippen LogP contribution in [0.25, 0.3) is 32.0 Å². The average molecular weight is 487 g/mol. The molecule has 3 N–H and O–H groups in total. The van der Waals surface area contributed by atoms with Gasteiger partial charge in [-0.05, 0) is 29.8 Å². The van der Waals surface area contributed by atoms with E-state index in [-0.39, 0.29) is 5.91 Å². The lowest BCUT2D eigenvalue weighted by atomic mass is 10.1. The lowest BCUT2D eigenvalue weighted by Gasteiger charge is -2.28. The molecule has 0 atom stereocenters. The summed E-state index contributed by atoms with van der Waals surface area (Å²) in [5.41, 5.74) is 10.7. The zero-order valence-electron chi connectivity index (χ0n) is 19.6. The molecule has 0 radical (unpaired) electrons. The van der Waals surface area contributed by atoms with Crippen LogP contribution in [0.4, 0.5) is 17.2 Å². The number of ether oxygens (including phenoxy) is 1. The van der Waals surface area contributed by atoms with Gasteiger partial charge in [-0.25, -0.2) is 9.97 Å². The van der Waals surface area contributed by atoms with Crippen molar-refractivity contribution >= 4 is 50.9 Å². The minimum absolute atomic E-state index is 0.0206. The fraction of sp³-hybridized carbons (Fsp3) is 0.231. The van der Waals surface area contributed by atoms with Gasteiger partial charge in [0.1, 0.15) is 0 Å². The van der Waals surface area contributed by atoms with Gasteiger partial charge in [-0.3, -0.25) is 4.79 Å². The predicted molar refractivity (Wildman–Crippen MR) is 143 cm³/mol. The van der Waals surface area contributed by atoms with Crippen molar-refractivity contribution in [2.45, 2.75) is 6.92 Å². The minimum Gasteiger partial charge on any atom is -0.398 e. The second-order valence-corrected chi connectivity index (χ2v) is 9.43. The summed E-state index contributed by atoms with van der Waals surface area (Å²) in [6.07, 6.45) is 1.25. The Morgan fingerprint density at radius 1 is 1.17 bits per heavy atom. The number of nitrogens with two attached hydrogens (primary N) is 1. The first-order valence-corrected chi connectivity index (χ1v) is 12.2. The van der Waals surface area contributed by atoms with E-state index >= 15 is 0 Å². The maximum absolute atomic E-state index is 11.9. The van der Waals surface area contributed by atoms with Gasteiger partial charge in [0.2, 0.25) is 5.91 Å². The van der Waals surface area contributed by atoms with Crippen LogP contribution in [0.3, 0.4) is 0 Å². The average Bonchev–Trinajstić information content (AvgIpc) is 3.32. The van der Waals surface area contributed by atoms with Gasteiger partial charge in [0.25, 0.3) is 0 Å². The van der Waals surface area contributed by atoms with Gasteiger partial charge in [0.05, 0.1) is 23.4 Å². The zero-order valence-corrected chi connectivity index (χ0v) is 20.4. The molecule has 0 bridgehead atoms. The number of carbonyl (C=O) groups is 1. The summed E-state index contributed by atoms with van der Waals surface area (Å²) in [5, 5.41) is 7.87. The Hall–Kier alpha value is -3.82. The number of nitrogens with zero attached hydrogens (tertiary/aromatic N) is 4. The van der Waals surface area contributed by atoms with E-state index in [9.17, 15) is 4.79 Å². The molecule has 3 heterocycles. The van der Waals surface area contributed by atoms with E-state index in [4.69, 9.17) is 25.8 Å². The predicted octanol–water partition coefficient (Wildman–Crippen LogP) is 4.42. The van der Waals surface area contributed by atoms with Crippen molar-refractivity contribution in [2.75, 3.05) is 48.9 Å². The van der Waals surface area contributed by atoms with Crippen LogP contribution in [0.5, 0.6) is 0 Å². The topological polar surface area (TPSA) is 108 Å². The maximum Gasteiger partial charge on any atom is 0.223 e. The summed E-state index contributed by atoms with van der Waals surface area (Å²) < 4.78 is 6.57. The second-order valence-electron chi connectivity index (χ2n) is 8.38. The highest BCUT2D eigenvalue weighted by molar-refractivity contribution is 7.22. The number of hydrogen-bond donors (Lipinski definition) is 2. The third kappa shape index (κ3) is 4.36. The van der Waals surface area contributed by atoms with Gasteiger partial charge in [-0.15, -0.1) is 11.3 Å². The Balaban J connectivity index is 1.68. The molecular formula is C26H26N6O2S. The lowest BCUT2D eigenvalue weighted by molar-refractivity contribution is -0.116. The highest BCUT2D eigenvalue weighted by atomic mass is 32.1. The van der Waals surface area contributed by atoms with E-state index in [2.05, 4.69) is 11.0 Å². The number of hydrogen-bond acceptors (Lipinski definition) is 8. The number of aromatic nitrogens is 2. The number of fused-ring (bicyclic) bond motifs is 1. The Bertz CT molecular complexity index is 1430. The molecule has 5 rings (SSSR count). The van der Waals surface area contributed by atoms with Crippen LogP contribution in [0.15, 0.2) is 48.5 Å². The van der Waals surface area contributed by atoms with Crippen LogP contribution in [-0.2, 0) is 9.53 Å². The molecule has 1 amide bonds. The molecule has 8 nitrogen and oxygen atoms in total. The molecule has 9 heteroatoms. The van der Waals surface area contributed by atoms with Crippen molar-refractivity contribution in [2.24, 2.45) is 0 Å². The molecule has 0 aliphatic carbocycles. The summed E-state index contributed by atoms with van der Waals surface area (Å²) in [7, 11) is 1.77. The number of thiophene rings is 1. The number of carbonyl (C=O) groups excluding carboxylic acids is 1. The SMILES string of the molecule is CC(=O)N(C)c1cccc(-c2cc3nc(-c4cccc(N)c4C=N)nc(N4CCOCC4)c3s2)c1. The van der Waals surface area contributed by atoms with E-state index in [0.29, 0.717) is 30.3 Å². The minimum atomic E-state index is -0.0206. The Morgan fingerprint density at radius 2 is 1.94 bits per heavy atom. The van der Waals surface area contributed by atoms with Crippen molar-refractivity contribution in [3.05, 3.63) is 54.1 Å². The highest BCUT2D eigenvalue weighted by Gasteiger charge is 2.22. The van der Waals surface area contributed by atoms with Gasteiger partial charge in [-0.2, -0.15) is 0 Å². The Morgan fingerprint density at radius 3 is 2.69 bits per heavy atom. The first-order valence-electron chi connectivity index (χ1n) is 11.3. The van der Waals surface area contributed by atoms with Gasteiger partial charge in [0, 0.05) is 60.7 Å². The molecular weight excluding hydrogens is 460 g/mol. The fourth-order valence-electron chi connectivity index (χ4n) is 4.16. The number of benzene rings is 2. The number of nitrogens with one attached hydrogen (secondary N) is 1. The number of rotatable bonds is 5. The highest BCUT2D eigenvalue weighted by Crippen LogP contribution is 2.40. The molecule has 1 fully saturated rings. The molecule has 1 aliphatic heterocycles. The van der Waals surface area contributed by atoms with Crippen LogP contribution in [-0.4, -0.2) is 55.4 Å². The number of morpholine rings is 1. The van der Waals surface area contributed by atoms with Crippen LogP contribution in [0.1, 0.15) is 12.5 Å². The summed E-state index contributed by atoms with van der Waals surface area (Å²) in [5.74, 6) is 1.38. The third-order valence-corrected chi connectivity index (χ3v) is 7.35. The smallest absolute Gasteiger partial charge is 0.223 e. The largest absolute Gasteiger partial charge is 0.398 e. The molecule has 1 aliphatic rings. The molecule has 0 unspecified atom stereocenters. The van der Waals surface area contributed by atoms with Gasteiger partial charge < -0.3 is 25.7 Å². The summed E-state index contributed by atoms with van der Waals surface area (Å²) >= 11 is 1.64. The normalized spacial score (nSPS) is 13.7. The monoisotopic (exact) mass is 486 g/mol. The molecule has 178 valence electrons. The van der Waals surface area contributed by atoms with Gasteiger partial charge in [0.15, 0.2) is 11.6 Å². The third-order valence-electron chi connectivity index (χ3n) is 6.18. The molecule has 0 spiro atoms. The zero-order chi connectivity index (χ0) is 24.5. The molecule has 35 heavy (non-hydrogen) atoms. The summed E-state index contributed by atoms with van der Waals surface area (Å²) in [6.45, 7) is 4.32. The fourth-order valence-corrected chi connectivity index (χ4v) is 5.27. The standard InChI is InChI=1S/C26H26N6O2S/c1-16(33)31(2)18-6-3-5-17(13-18)23-14-22-24(35-23)26(32-9-11-34-12-10-32)30-25(29-22)19-7-4-8-21(28)20(19)15-27/h3-8,13-15,27H,9-12,28H2,1-2H3. The van der Waals surface area contributed by atoms with E-state index in [1.165, 1.54) is 6.21 Å². The van der Waals surface area contributed by atoms with Crippen molar-refractivity contribution in [3.63, 3.8) is 0 Å². The molecule has 2 aromatic carbocycles. The molecule has 4 aromatic rings. The van der Waals surface area contributed by atoms with Crippen molar-refractivity contribution < 1.29 is 9.53 Å². The van der Waals surface area contributed by atoms with E-state index in [0.717, 1.165) is 50.8 Å². The van der Waals surface area contributed by atoms with E-state index < -0.39 is 0 Å². The van der Waals surface area contributed by atoms with Crippen LogP contribution in [0, 0.1) is 5.41 Å². The summed E-state index contributed by atoms with van der Waals surface area (Å²) in [6, 6.07) is 15.5. The first-order chi connectivity index (χ1) is 17.0. The van der Waals surface area contributed by atoms with Crippen molar-refractivity contribution in [3.8, 4) is 21.8 Å². The number of anilines is 3. The quantitative estimate of drug-likeness (QED) is 0.319. The van der Waals surface area contributed by atoms with E-state index in [1.54, 1.807) is 36.3 Å². The van der Waals surface area contributed by atoms with E-state index in [1.807, 2.05) is 36.4 Å².